The first-order chi connectivity index (χ1) is 8.61. The molecule has 0 bridgehead atoms. The molecule has 0 aromatic carbocycles. The van der Waals surface area contributed by atoms with Crippen molar-refractivity contribution in [3.05, 3.63) is 18.2 Å². The number of carbonyl (C=O) groups excluding carboxylic acids is 2. The monoisotopic (exact) mass is 254 g/mol. The first kappa shape index (κ1) is 14.2. The van der Waals surface area contributed by atoms with E-state index in [1.807, 2.05) is 0 Å². The molecule has 1 heterocycles. The summed E-state index contributed by atoms with van der Waals surface area (Å²) in [6, 6.07) is -0.284. The molecule has 18 heavy (non-hydrogen) atoms. The number of nitrogens with zero attached hydrogens (tertiary/aromatic N) is 1. The summed E-state index contributed by atoms with van der Waals surface area (Å²) in [6.07, 6.45) is 3.99. The Balaban J connectivity index is 2.51. The molecule has 0 spiro atoms. The average Bonchev–Trinajstić information content (AvgIpc) is 2.79. The number of aromatic amines is 1. The number of H-pyrrole nitrogens is 1. The van der Waals surface area contributed by atoms with Gasteiger partial charge in [-0.1, -0.05) is 0 Å². The fourth-order valence-electron chi connectivity index (χ4n) is 1.46. The zero-order valence-corrected chi connectivity index (χ0v) is 10.3. The third-order valence-corrected chi connectivity index (χ3v) is 2.25. The van der Waals surface area contributed by atoms with Gasteiger partial charge in [-0.15, -0.1) is 0 Å². The van der Waals surface area contributed by atoms with E-state index in [4.69, 9.17) is 10.5 Å². The second-order valence-corrected chi connectivity index (χ2v) is 3.89. The van der Waals surface area contributed by atoms with Gasteiger partial charge in [0.15, 0.2) is 0 Å². The maximum absolute atomic E-state index is 11.5. The second-order valence-electron chi connectivity index (χ2n) is 3.89. The molecule has 1 aromatic heterocycles. The topological polar surface area (TPSA) is 110 Å². The van der Waals surface area contributed by atoms with Crippen LogP contribution in [0.4, 0.5) is 0 Å². The van der Waals surface area contributed by atoms with E-state index in [1.54, 1.807) is 12.5 Å². The van der Waals surface area contributed by atoms with Crippen molar-refractivity contribution in [1.29, 1.82) is 0 Å². The number of nitrogens with two attached hydrogens (primary N) is 1. The van der Waals surface area contributed by atoms with Crippen LogP contribution >= 0.6 is 0 Å². The Hall–Kier alpha value is -1.89. The quantitative estimate of drug-likeness (QED) is 0.560. The van der Waals surface area contributed by atoms with Crippen LogP contribution in [0.2, 0.25) is 0 Å². The van der Waals surface area contributed by atoms with Crippen LogP contribution in [-0.2, 0) is 20.7 Å². The standard InChI is InChI=1S/C11H18N4O3/c1-8(16)18-6-10(15-11(17)2-3-12)4-9-5-13-7-14-9/h5,7,10H,2-4,6,12H2,1H3,(H,13,14)(H,15,17)/t10-/m0/s1. The number of hydrogen-bond acceptors (Lipinski definition) is 5. The minimum Gasteiger partial charge on any atom is -0.464 e. The Morgan fingerprint density at radius 1 is 1.61 bits per heavy atom. The number of nitrogens with one attached hydrogen (secondary N) is 2. The fraction of sp³-hybridized carbons (Fsp3) is 0.545. The summed E-state index contributed by atoms with van der Waals surface area (Å²) in [5.74, 6) is -0.535. The number of aromatic nitrogens is 2. The van der Waals surface area contributed by atoms with Gasteiger partial charge in [-0.2, -0.15) is 0 Å². The lowest BCUT2D eigenvalue weighted by Crippen LogP contribution is -2.41. The van der Waals surface area contributed by atoms with Crippen LogP contribution in [0.1, 0.15) is 19.0 Å². The van der Waals surface area contributed by atoms with Crippen molar-refractivity contribution in [2.24, 2.45) is 5.73 Å². The summed E-state index contributed by atoms with van der Waals surface area (Å²) in [6.45, 7) is 1.75. The Bertz CT molecular complexity index is 378. The van der Waals surface area contributed by atoms with E-state index in [9.17, 15) is 9.59 Å². The molecular formula is C11H18N4O3. The van der Waals surface area contributed by atoms with Crippen molar-refractivity contribution in [3.8, 4) is 0 Å². The van der Waals surface area contributed by atoms with Crippen LogP contribution < -0.4 is 11.1 Å². The summed E-state index contributed by atoms with van der Waals surface area (Å²) < 4.78 is 4.91. The largest absolute Gasteiger partial charge is 0.464 e. The molecule has 0 aliphatic heterocycles. The fourth-order valence-corrected chi connectivity index (χ4v) is 1.46. The van der Waals surface area contributed by atoms with Gasteiger partial charge in [-0.05, 0) is 0 Å². The molecule has 1 amide bonds. The summed E-state index contributed by atoms with van der Waals surface area (Å²) in [4.78, 5) is 29.1. The Labute approximate surface area is 105 Å². The van der Waals surface area contributed by atoms with Gasteiger partial charge in [-0.25, -0.2) is 4.98 Å². The van der Waals surface area contributed by atoms with Gasteiger partial charge in [0.05, 0.1) is 12.4 Å². The lowest BCUT2D eigenvalue weighted by Gasteiger charge is -2.17. The summed E-state index contributed by atoms with van der Waals surface area (Å²) in [5.41, 5.74) is 6.16. The van der Waals surface area contributed by atoms with Gasteiger partial charge in [0.2, 0.25) is 5.91 Å². The van der Waals surface area contributed by atoms with Gasteiger partial charge in [0.1, 0.15) is 6.61 Å². The van der Waals surface area contributed by atoms with Crippen molar-refractivity contribution in [3.63, 3.8) is 0 Å². The van der Waals surface area contributed by atoms with Crippen LogP contribution in [0.3, 0.4) is 0 Å². The van der Waals surface area contributed by atoms with E-state index in [0.717, 1.165) is 5.69 Å². The number of amides is 1. The Morgan fingerprint density at radius 2 is 2.39 bits per heavy atom. The van der Waals surface area contributed by atoms with Crippen molar-refractivity contribution in [1.82, 2.24) is 15.3 Å². The van der Waals surface area contributed by atoms with Gasteiger partial charge < -0.3 is 20.8 Å². The zero-order chi connectivity index (χ0) is 13.4. The first-order valence-corrected chi connectivity index (χ1v) is 5.72. The van der Waals surface area contributed by atoms with Crippen LogP contribution in [0.5, 0.6) is 0 Å². The lowest BCUT2D eigenvalue weighted by molar-refractivity contribution is -0.142. The number of hydrogen-bond donors (Lipinski definition) is 3. The molecule has 0 aliphatic rings. The average molecular weight is 254 g/mol. The molecule has 100 valence electrons. The minimum absolute atomic E-state index is 0.130. The molecule has 4 N–H and O–H groups in total. The maximum Gasteiger partial charge on any atom is 0.302 e. The molecule has 0 fully saturated rings. The molecule has 1 aromatic rings. The molecule has 1 rings (SSSR count). The summed E-state index contributed by atoms with van der Waals surface area (Å²) in [5, 5.41) is 2.77. The normalized spacial score (nSPS) is 11.9. The van der Waals surface area contributed by atoms with E-state index in [-0.39, 0.29) is 37.5 Å². The molecule has 7 nitrogen and oxygen atoms in total. The van der Waals surface area contributed by atoms with Gasteiger partial charge in [0.25, 0.3) is 0 Å². The van der Waals surface area contributed by atoms with E-state index in [1.165, 1.54) is 6.92 Å². The number of carbonyl (C=O) groups is 2. The lowest BCUT2D eigenvalue weighted by atomic mass is 10.1. The van der Waals surface area contributed by atoms with E-state index in [2.05, 4.69) is 15.3 Å². The van der Waals surface area contributed by atoms with Gasteiger partial charge >= 0.3 is 5.97 Å². The van der Waals surface area contributed by atoms with Crippen LogP contribution in [-0.4, -0.2) is 41.0 Å². The zero-order valence-electron chi connectivity index (χ0n) is 10.3. The molecular weight excluding hydrogens is 236 g/mol. The number of ether oxygens (including phenoxy) is 1. The predicted octanol–water partition coefficient (Wildman–Crippen LogP) is -0.651. The molecule has 7 heteroatoms. The van der Waals surface area contributed by atoms with Gasteiger partial charge in [-0.3, -0.25) is 9.59 Å². The molecule has 0 unspecified atom stereocenters. The Kier molecular flexibility index (Phi) is 5.86. The van der Waals surface area contributed by atoms with Crippen LogP contribution in [0, 0.1) is 0 Å². The third kappa shape index (κ3) is 5.44. The number of esters is 1. The highest BCUT2D eigenvalue weighted by Crippen LogP contribution is 2.00. The van der Waals surface area contributed by atoms with Crippen molar-refractivity contribution >= 4 is 11.9 Å². The molecule has 0 radical (unpaired) electrons. The summed E-state index contributed by atoms with van der Waals surface area (Å²) >= 11 is 0. The van der Waals surface area contributed by atoms with E-state index < -0.39 is 0 Å². The molecule has 0 saturated carbocycles. The molecule has 0 aliphatic carbocycles. The van der Waals surface area contributed by atoms with Crippen molar-refractivity contribution < 1.29 is 14.3 Å². The van der Waals surface area contributed by atoms with E-state index >= 15 is 0 Å². The van der Waals surface area contributed by atoms with Crippen molar-refractivity contribution in [2.45, 2.75) is 25.8 Å². The second kappa shape index (κ2) is 7.44. The Morgan fingerprint density at radius 3 is 2.94 bits per heavy atom. The SMILES string of the molecule is CC(=O)OC[C@H](Cc1cnc[nH]1)NC(=O)CCN. The van der Waals surface area contributed by atoms with Crippen LogP contribution in [0.15, 0.2) is 12.5 Å². The highest BCUT2D eigenvalue weighted by molar-refractivity contribution is 5.76. The molecule has 0 saturated heterocycles. The van der Waals surface area contributed by atoms with Gasteiger partial charge in [0, 0.05) is 38.2 Å². The highest BCUT2D eigenvalue weighted by atomic mass is 16.5. The highest BCUT2D eigenvalue weighted by Gasteiger charge is 2.15. The maximum atomic E-state index is 11.5. The molecule has 1 atom stereocenters. The van der Waals surface area contributed by atoms with Crippen LogP contribution in [0.25, 0.3) is 0 Å². The summed E-state index contributed by atoms with van der Waals surface area (Å²) in [7, 11) is 0. The predicted molar refractivity (Wildman–Crippen MR) is 64.5 cm³/mol. The first-order valence-electron chi connectivity index (χ1n) is 5.72. The number of imidazole rings is 1. The number of rotatable bonds is 7. The van der Waals surface area contributed by atoms with Crippen molar-refractivity contribution in [2.75, 3.05) is 13.2 Å². The third-order valence-electron chi connectivity index (χ3n) is 2.25. The van der Waals surface area contributed by atoms with E-state index in [0.29, 0.717) is 6.42 Å². The minimum atomic E-state index is -0.377. The smallest absolute Gasteiger partial charge is 0.302 e.